The zero-order chi connectivity index (χ0) is 47.5. The first-order chi connectivity index (χ1) is 32.2. The van der Waals surface area contributed by atoms with Crippen molar-refractivity contribution in [3.63, 3.8) is 0 Å². The van der Waals surface area contributed by atoms with E-state index >= 15 is 0 Å². The van der Waals surface area contributed by atoms with Crippen molar-refractivity contribution < 1.29 is 37.0 Å². The molecule has 67 heavy (non-hydrogen) atoms. The van der Waals surface area contributed by atoms with Crippen LogP contribution in [0.2, 0.25) is 0 Å². The molecule has 1 amide bonds. The summed E-state index contributed by atoms with van der Waals surface area (Å²) in [6.07, 6.45) is 8.50. The lowest BCUT2D eigenvalue weighted by molar-refractivity contribution is 0.0948. The first-order valence-corrected chi connectivity index (χ1v) is 22.1. The molecule has 0 spiro atoms. The molecule has 0 aliphatic heterocycles. The van der Waals surface area contributed by atoms with Crippen LogP contribution in [0.25, 0.3) is 33.8 Å². The van der Waals surface area contributed by atoms with Gasteiger partial charge in [-0.05, 0) is 121 Å². The van der Waals surface area contributed by atoms with Gasteiger partial charge in [-0.2, -0.15) is 13.9 Å². The van der Waals surface area contributed by atoms with Crippen LogP contribution in [0.15, 0.2) is 102 Å². The van der Waals surface area contributed by atoms with Gasteiger partial charge in [-0.1, -0.05) is 30.3 Å². The Hall–Kier alpha value is -7.34. The highest BCUT2D eigenvalue weighted by Gasteiger charge is 2.27. The molecule has 8 aromatic rings. The molecule has 2 fully saturated rings. The molecule has 18 heteroatoms. The minimum atomic E-state index is -1.20. The van der Waals surface area contributed by atoms with Gasteiger partial charge in [0.2, 0.25) is 11.7 Å². The number of anilines is 2. The van der Waals surface area contributed by atoms with Gasteiger partial charge < -0.3 is 25.8 Å². The molecule has 2 aliphatic rings. The number of imidazole rings is 2. The Bertz CT molecular complexity index is 3150. The van der Waals surface area contributed by atoms with E-state index < -0.39 is 29.0 Å². The second kappa shape index (κ2) is 19.6. The molecule has 2 saturated carbocycles. The predicted octanol–water partition coefficient (Wildman–Crippen LogP) is 10.9. The number of rotatable bonds is 11. The average Bonchev–Trinajstić information content (AvgIpc) is 4.23. The van der Waals surface area contributed by atoms with Crippen molar-refractivity contribution in [1.82, 2.24) is 34.5 Å². The number of nitrogens with zero attached hydrogens (tertiary/aromatic N) is 6. The maximum Gasteiger partial charge on any atom is 0.251 e. The Balaban J connectivity index is 0.000000157. The molecule has 0 radical (unpaired) electrons. The van der Waals surface area contributed by atoms with Gasteiger partial charge in [-0.3, -0.25) is 9.59 Å². The van der Waals surface area contributed by atoms with Crippen LogP contribution in [0.4, 0.5) is 28.9 Å². The molecule has 344 valence electrons. The summed E-state index contributed by atoms with van der Waals surface area (Å²) in [6, 6.07) is 22.3. The molecule has 0 unspecified atom stereocenters. The van der Waals surface area contributed by atoms with Crippen LogP contribution in [0.3, 0.4) is 0 Å². The SMILES string of the molecule is CNc1cc(Br)nn2c(-c3ccc(C(=O)NC4CC4)c(C)c3)cnc12.CNc1cc(Oc2cccc(F)c2F)nn2c(-c3ccc(C(=O)CC4CC4)c(C)c3)cnc12.Oc1cccc(F)c1F. The number of Topliss-reactive ketones (excluding diaryl/α,β-unsaturated/α-hetero) is 1. The number of hydrogen-bond acceptors (Lipinski definition) is 10. The number of ether oxygens (including phenoxy) is 1. The molecule has 10 rings (SSSR count). The number of aromatic nitrogens is 6. The van der Waals surface area contributed by atoms with Gasteiger partial charge in [0.15, 0.2) is 46.0 Å². The normalized spacial score (nSPS) is 13.0. The van der Waals surface area contributed by atoms with Crippen LogP contribution < -0.4 is 20.7 Å². The fourth-order valence-electron chi connectivity index (χ4n) is 7.26. The predicted molar refractivity (Wildman–Crippen MR) is 250 cm³/mol. The highest BCUT2D eigenvalue weighted by atomic mass is 79.9. The molecular formula is C49H44BrF4N9O4. The van der Waals surface area contributed by atoms with E-state index in [2.05, 4.69) is 52.0 Å². The van der Waals surface area contributed by atoms with E-state index in [0.29, 0.717) is 35.4 Å². The highest BCUT2D eigenvalue weighted by molar-refractivity contribution is 9.10. The molecule has 4 N–H and O–H groups in total. The summed E-state index contributed by atoms with van der Waals surface area (Å²) in [5.41, 5.74) is 9.43. The lowest BCUT2D eigenvalue weighted by Crippen LogP contribution is -2.26. The van der Waals surface area contributed by atoms with Crippen molar-refractivity contribution in [2.45, 2.75) is 52.0 Å². The van der Waals surface area contributed by atoms with E-state index in [1.54, 1.807) is 34.5 Å². The maximum atomic E-state index is 14.1. The van der Waals surface area contributed by atoms with E-state index in [1.807, 2.05) is 63.4 Å². The van der Waals surface area contributed by atoms with Gasteiger partial charge in [0, 0.05) is 54.9 Å². The lowest BCUT2D eigenvalue weighted by Gasteiger charge is -2.11. The van der Waals surface area contributed by atoms with Crippen molar-refractivity contribution in [3.8, 4) is 39.9 Å². The number of halogens is 5. The number of phenols is 1. The van der Waals surface area contributed by atoms with Crippen molar-refractivity contribution in [2.24, 2.45) is 5.92 Å². The minimum Gasteiger partial charge on any atom is -0.505 e. The number of ketones is 1. The Morgan fingerprint density at radius 2 is 1.30 bits per heavy atom. The molecule has 0 saturated heterocycles. The summed E-state index contributed by atoms with van der Waals surface area (Å²) < 4.78 is 61.5. The van der Waals surface area contributed by atoms with Crippen molar-refractivity contribution >= 4 is 50.3 Å². The number of aryl methyl sites for hydroxylation is 2. The summed E-state index contributed by atoms with van der Waals surface area (Å²) in [4.78, 5) is 33.8. The van der Waals surface area contributed by atoms with Gasteiger partial charge in [0.05, 0.1) is 35.2 Å². The van der Waals surface area contributed by atoms with Crippen LogP contribution in [-0.2, 0) is 0 Å². The summed E-state index contributed by atoms with van der Waals surface area (Å²) >= 11 is 3.44. The highest BCUT2D eigenvalue weighted by Crippen LogP contribution is 2.35. The van der Waals surface area contributed by atoms with Crippen LogP contribution in [-0.4, -0.2) is 66.1 Å². The van der Waals surface area contributed by atoms with Gasteiger partial charge in [0.1, 0.15) is 4.60 Å². The molecule has 0 bridgehead atoms. The Morgan fingerprint density at radius 1 is 0.731 bits per heavy atom. The number of benzene rings is 4. The fraction of sp³-hybridized carbons (Fsp3) is 0.224. The summed E-state index contributed by atoms with van der Waals surface area (Å²) in [5, 5.41) is 26.6. The average molecular weight is 979 g/mol. The minimum absolute atomic E-state index is 0.00281. The first kappa shape index (κ1) is 46.2. The maximum absolute atomic E-state index is 14.1. The third kappa shape index (κ3) is 10.4. The molecule has 0 atom stereocenters. The lowest BCUT2D eigenvalue weighted by atomic mass is 9.98. The van der Waals surface area contributed by atoms with Crippen LogP contribution in [0.5, 0.6) is 17.4 Å². The number of phenolic OH excluding ortho intramolecular Hbond substituents is 1. The zero-order valence-corrected chi connectivity index (χ0v) is 38.3. The van der Waals surface area contributed by atoms with Crippen LogP contribution in [0.1, 0.15) is 63.9 Å². The monoisotopic (exact) mass is 977 g/mol. The van der Waals surface area contributed by atoms with E-state index in [-0.39, 0.29) is 23.3 Å². The largest absolute Gasteiger partial charge is 0.505 e. The smallest absolute Gasteiger partial charge is 0.251 e. The molecule has 4 aromatic heterocycles. The van der Waals surface area contributed by atoms with E-state index in [9.17, 15) is 27.2 Å². The van der Waals surface area contributed by atoms with E-state index in [0.717, 1.165) is 98.9 Å². The van der Waals surface area contributed by atoms with Gasteiger partial charge >= 0.3 is 0 Å². The quantitative estimate of drug-likeness (QED) is 0.0726. The number of amides is 1. The Morgan fingerprint density at radius 3 is 1.85 bits per heavy atom. The third-order valence-corrected chi connectivity index (χ3v) is 11.5. The number of carbonyl (C=O) groups is 2. The summed E-state index contributed by atoms with van der Waals surface area (Å²) in [5.74, 6) is -4.46. The second-order valence-electron chi connectivity index (χ2n) is 16.1. The topological polar surface area (TPSA) is 160 Å². The Kier molecular flexibility index (Phi) is 13.5. The molecule has 4 heterocycles. The number of nitrogens with one attached hydrogen (secondary N) is 3. The second-order valence-corrected chi connectivity index (χ2v) is 17.0. The van der Waals surface area contributed by atoms with Crippen molar-refractivity contribution in [1.29, 1.82) is 0 Å². The van der Waals surface area contributed by atoms with Gasteiger partial charge in [-0.15, -0.1) is 5.10 Å². The number of fused-ring (bicyclic) bond motifs is 2. The molecular weight excluding hydrogens is 934 g/mol. The molecule has 2 aliphatic carbocycles. The molecule has 4 aromatic carbocycles. The van der Waals surface area contributed by atoms with Crippen molar-refractivity contribution in [3.05, 3.63) is 147 Å². The number of hydrogen-bond donors (Lipinski definition) is 4. The third-order valence-electron chi connectivity index (χ3n) is 11.2. The van der Waals surface area contributed by atoms with Gasteiger partial charge in [-0.25, -0.2) is 27.8 Å². The zero-order valence-electron chi connectivity index (χ0n) is 36.7. The first-order valence-electron chi connectivity index (χ1n) is 21.3. The van der Waals surface area contributed by atoms with Crippen LogP contribution >= 0.6 is 15.9 Å². The van der Waals surface area contributed by atoms with Crippen LogP contribution in [0, 0.1) is 43.0 Å². The van der Waals surface area contributed by atoms with E-state index in [4.69, 9.17) is 9.84 Å². The summed E-state index contributed by atoms with van der Waals surface area (Å²) in [7, 11) is 3.58. The van der Waals surface area contributed by atoms with Gasteiger partial charge in [0.25, 0.3) is 5.91 Å². The number of carbonyl (C=O) groups excluding carboxylic acids is 2. The number of aromatic hydroxyl groups is 1. The standard InChI is InChI=1S/C25H22F2N4O2.C18H18BrN5O.C6H4F2O/c1-14-10-16(8-9-17(14)21(32)11-15-6-7-15)20-13-29-25-19(28-2)12-23(30-31(20)25)33-22-5-3-4-18(26)24(22)27;1-10-7-11(3-6-13(10)18(25)22-12-4-5-12)15-9-21-17-14(20-2)8-16(19)23-24(15)17;7-4-2-1-3-5(9)6(4)8/h3-5,8-10,12-13,15,28H,6-7,11H2,1-2H3;3,6-9,12,20H,4-5H2,1-2H3,(H,22,25);1-3,9H. The fourth-order valence-corrected chi connectivity index (χ4v) is 7.65. The Labute approximate surface area is 390 Å². The molecule has 13 nitrogen and oxygen atoms in total. The van der Waals surface area contributed by atoms with Crippen molar-refractivity contribution in [2.75, 3.05) is 24.7 Å². The van der Waals surface area contributed by atoms with E-state index in [1.165, 1.54) is 18.2 Å². The summed E-state index contributed by atoms with van der Waals surface area (Å²) in [6.45, 7) is 3.87.